The highest BCUT2D eigenvalue weighted by Gasteiger charge is 2.16. The highest BCUT2D eigenvalue weighted by atomic mass is 14.8. The molecule has 0 spiro atoms. The smallest absolute Gasteiger partial charge is 0.00210 e. The Morgan fingerprint density at radius 3 is 2.31 bits per heavy atom. The second-order valence-corrected chi connectivity index (χ2v) is 4.64. The van der Waals surface area contributed by atoms with E-state index in [1.807, 2.05) is 0 Å². The molecule has 0 saturated heterocycles. The van der Waals surface area contributed by atoms with Gasteiger partial charge in [-0.3, -0.25) is 0 Å². The van der Waals surface area contributed by atoms with Crippen molar-refractivity contribution in [3.63, 3.8) is 0 Å². The summed E-state index contributed by atoms with van der Waals surface area (Å²) < 4.78 is 0. The van der Waals surface area contributed by atoms with Crippen LogP contribution in [0.25, 0.3) is 0 Å². The Morgan fingerprint density at radius 1 is 1.00 bits per heavy atom. The summed E-state index contributed by atoms with van der Waals surface area (Å²) >= 11 is 0. The van der Waals surface area contributed by atoms with E-state index in [-0.39, 0.29) is 0 Å². The predicted molar refractivity (Wildman–Crippen MR) is 58.9 cm³/mol. The van der Waals surface area contributed by atoms with Crippen molar-refractivity contribution < 1.29 is 0 Å². The highest BCUT2D eigenvalue weighted by molar-refractivity contribution is 4.70. The van der Waals surface area contributed by atoms with Gasteiger partial charge in [0.2, 0.25) is 0 Å². The topological polar surface area (TPSA) is 12.0 Å². The average Bonchev–Trinajstić information content (AvgIpc) is 2.21. The Labute approximate surface area is 83.3 Å². The van der Waals surface area contributed by atoms with Crippen molar-refractivity contribution in [2.45, 2.75) is 51.9 Å². The first-order chi connectivity index (χ1) is 6.34. The first kappa shape index (κ1) is 11.0. The summed E-state index contributed by atoms with van der Waals surface area (Å²) in [5.74, 6) is 1.87. The van der Waals surface area contributed by atoms with Gasteiger partial charge in [-0.05, 0) is 31.8 Å². The quantitative estimate of drug-likeness (QED) is 0.693. The van der Waals surface area contributed by atoms with E-state index in [0.717, 1.165) is 11.8 Å². The third-order valence-electron chi connectivity index (χ3n) is 3.51. The molecule has 1 heteroatoms. The maximum atomic E-state index is 3.34. The standard InChI is InChI=1S/C12H25N/c1-11-8-6-4-3-5-7-9-12(11)10-13-2/h11-13H,3-10H2,1-2H3. The molecule has 1 N–H and O–H groups in total. The lowest BCUT2D eigenvalue weighted by molar-refractivity contribution is 0.306. The summed E-state index contributed by atoms with van der Waals surface area (Å²) in [6, 6.07) is 0. The Morgan fingerprint density at radius 2 is 1.62 bits per heavy atom. The number of hydrogen-bond donors (Lipinski definition) is 1. The van der Waals surface area contributed by atoms with E-state index in [1.54, 1.807) is 0 Å². The molecule has 0 radical (unpaired) electrons. The zero-order valence-corrected chi connectivity index (χ0v) is 9.31. The molecule has 1 aliphatic rings. The van der Waals surface area contributed by atoms with Crippen LogP contribution >= 0.6 is 0 Å². The molecule has 0 aliphatic heterocycles. The molecule has 1 fully saturated rings. The average molecular weight is 183 g/mol. The second-order valence-electron chi connectivity index (χ2n) is 4.64. The van der Waals surface area contributed by atoms with Crippen molar-refractivity contribution in [2.75, 3.05) is 13.6 Å². The van der Waals surface area contributed by atoms with Crippen LogP contribution < -0.4 is 5.32 Å². The van der Waals surface area contributed by atoms with E-state index in [9.17, 15) is 0 Å². The van der Waals surface area contributed by atoms with Crippen LogP contribution in [0.15, 0.2) is 0 Å². The minimum absolute atomic E-state index is 0.933. The Kier molecular flexibility index (Phi) is 5.45. The fourth-order valence-corrected chi connectivity index (χ4v) is 2.49. The summed E-state index contributed by atoms with van der Waals surface area (Å²) in [5, 5.41) is 3.34. The predicted octanol–water partition coefficient (Wildman–Crippen LogP) is 3.20. The molecule has 0 heterocycles. The molecular weight excluding hydrogens is 158 g/mol. The van der Waals surface area contributed by atoms with Gasteiger partial charge in [-0.1, -0.05) is 45.4 Å². The van der Waals surface area contributed by atoms with Crippen LogP contribution in [0.3, 0.4) is 0 Å². The molecule has 1 rings (SSSR count). The van der Waals surface area contributed by atoms with Crippen LogP contribution in [0.4, 0.5) is 0 Å². The Balaban J connectivity index is 2.35. The maximum Gasteiger partial charge on any atom is -0.00210 e. The summed E-state index contributed by atoms with van der Waals surface area (Å²) in [5.41, 5.74) is 0. The third-order valence-corrected chi connectivity index (χ3v) is 3.51. The summed E-state index contributed by atoms with van der Waals surface area (Å²) in [6.45, 7) is 3.66. The molecule has 1 aliphatic carbocycles. The van der Waals surface area contributed by atoms with Gasteiger partial charge in [0, 0.05) is 0 Å². The molecule has 1 saturated carbocycles. The molecule has 0 amide bonds. The summed E-state index contributed by atoms with van der Waals surface area (Å²) in [7, 11) is 2.08. The molecule has 2 atom stereocenters. The van der Waals surface area contributed by atoms with E-state index >= 15 is 0 Å². The van der Waals surface area contributed by atoms with E-state index in [2.05, 4.69) is 19.3 Å². The minimum Gasteiger partial charge on any atom is -0.319 e. The van der Waals surface area contributed by atoms with Gasteiger partial charge in [-0.15, -0.1) is 0 Å². The molecular formula is C12H25N. The van der Waals surface area contributed by atoms with Crippen molar-refractivity contribution in [2.24, 2.45) is 11.8 Å². The van der Waals surface area contributed by atoms with Gasteiger partial charge < -0.3 is 5.32 Å². The molecule has 0 bridgehead atoms. The van der Waals surface area contributed by atoms with Crippen molar-refractivity contribution >= 4 is 0 Å². The zero-order chi connectivity index (χ0) is 9.52. The monoisotopic (exact) mass is 183 g/mol. The summed E-state index contributed by atoms with van der Waals surface area (Å²) in [4.78, 5) is 0. The minimum atomic E-state index is 0.933. The van der Waals surface area contributed by atoms with Gasteiger partial charge in [0.05, 0.1) is 0 Å². The van der Waals surface area contributed by atoms with Gasteiger partial charge in [0.1, 0.15) is 0 Å². The van der Waals surface area contributed by atoms with E-state index in [0.29, 0.717) is 0 Å². The van der Waals surface area contributed by atoms with Crippen LogP contribution in [-0.4, -0.2) is 13.6 Å². The Hall–Kier alpha value is -0.0400. The van der Waals surface area contributed by atoms with Gasteiger partial charge in [-0.25, -0.2) is 0 Å². The molecule has 1 nitrogen and oxygen atoms in total. The second kappa shape index (κ2) is 6.42. The van der Waals surface area contributed by atoms with Crippen molar-refractivity contribution in [3.8, 4) is 0 Å². The maximum absolute atomic E-state index is 3.34. The normalized spacial score (nSPS) is 31.8. The van der Waals surface area contributed by atoms with Crippen molar-refractivity contribution in [1.82, 2.24) is 5.32 Å². The lowest BCUT2D eigenvalue weighted by atomic mass is 9.87. The Bertz CT molecular complexity index is 122. The summed E-state index contributed by atoms with van der Waals surface area (Å²) in [6.07, 6.45) is 10.2. The largest absolute Gasteiger partial charge is 0.319 e. The van der Waals surface area contributed by atoms with Crippen LogP contribution in [0.1, 0.15) is 51.9 Å². The zero-order valence-electron chi connectivity index (χ0n) is 9.31. The van der Waals surface area contributed by atoms with Gasteiger partial charge in [-0.2, -0.15) is 0 Å². The molecule has 0 aromatic carbocycles. The molecule has 78 valence electrons. The molecule has 0 aromatic rings. The van der Waals surface area contributed by atoms with E-state index < -0.39 is 0 Å². The fraction of sp³-hybridized carbons (Fsp3) is 1.00. The van der Waals surface area contributed by atoms with E-state index in [1.165, 1.54) is 51.5 Å². The first-order valence-corrected chi connectivity index (χ1v) is 5.99. The van der Waals surface area contributed by atoms with Gasteiger partial charge in [0.25, 0.3) is 0 Å². The number of hydrogen-bond acceptors (Lipinski definition) is 1. The van der Waals surface area contributed by atoms with Crippen LogP contribution in [0.5, 0.6) is 0 Å². The molecule has 0 aromatic heterocycles. The van der Waals surface area contributed by atoms with Crippen LogP contribution in [0, 0.1) is 11.8 Å². The number of rotatable bonds is 2. The lowest BCUT2D eigenvalue weighted by Crippen LogP contribution is -2.24. The number of nitrogens with one attached hydrogen (secondary N) is 1. The van der Waals surface area contributed by atoms with Crippen LogP contribution in [0.2, 0.25) is 0 Å². The lowest BCUT2D eigenvalue weighted by Gasteiger charge is -2.22. The van der Waals surface area contributed by atoms with Crippen molar-refractivity contribution in [3.05, 3.63) is 0 Å². The third kappa shape index (κ3) is 4.12. The highest BCUT2D eigenvalue weighted by Crippen LogP contribution is 2.26. The molecule has 13 heavy (non-hydrogen) atoms. The SMILES string of the molecule is CNCC1CCCCCCCC1C. The van der Waals surface area contributed by atoms with Gasteiger partial charge in [0.15, 0.2) is 0 Å². The van der Waals surface area contributed by atoms with Crippen molar-refractivity contribution in [1.29, 1.82) is 0 Å². The van der Waals surface area contributed by atoms with E-state index in [4.69, 9.17) is 0 Å². The molecule has 2 unspecified atom stereocenters. The van der Waals surface area contributed by atoms with Crippen LogP contribution in [-0.2, 0) is 0 Å². The first-order valence-electron chi connectivity index (χ1n) is 5.99. The fourth-order valence-electron chi connectivity index (χ4n) is 2.49. The van der Waals surface area contributed by atoms with Gasteiger partial charge >= 0.3 is 0 Å².